The molecule has 5 nitrogen and oxygen atoms in total. The number of aromatic nitrogens is 1. The van der Waals surface area contributed by atoms with Crippen molar-refractivity contribution in [2.75, 3.05) is 15.8 Å². The third-order valence-corrected chi connectivity index (χ3v) is 4.41. The highest BCUT2D eigenvalue weighted by atomic mass is 32.2. The van der Waals surface area contributed by atoms with Crippen molar-refractivity contribution < 1.29 is 8.42 Å². The molecule has 0 bridgehead atoms. The van der Waals surface area contributed by atoms with Crippen molar-refractivity contribution in [2.24, 2.45) is 0 Å². The van der Waals surface area contributed by atoms with Gasteiger partial charge in [-0.25, -0.2) is 13.4 Å². The standard InChI is InChI=1S/C15H19N3O2S/c1-3-10-21(19,20)18-13-8-9-15(16-11-13)17-14-7-5-4-6-12(14)2/h4-9,11,18H,3,10H2,1-2H3,(H,16,17). The largest absolute Gasteiger partial charge is 0.340 e. The zero-order valence-electron chi connectivity index (χ0n) is 12.1. The van der Waals surface area contributed by atoms with Gasteiger partial charge in [-0.2, -0.15) is 0 Å². The first-order valence-corrected chi connectivity index (χ1v) is 8.44. The van der Waals surface area contributed by atoms with Crippen LogP contribution in [-0.4, -0.2) is 19.2 Å². The Kier molecular flexibility index (Phi) is 4.80. The number of nitrogens with one attached hydrogen (secondary N) is 2. The number of nitrogens with zero attached hydrogens (tertiary/aromatic N) is 1. The molecule has 0 saturated carbocycles. The van der Waals surface area contributed by atoms with E-state index in [0.717, 1.165) is 11.3 Å². The molecular formula is C15H19N3O2S. The van der Waals surface area contributed by atoms with Gasteiger partial charge < -0.3 is 5.32 Å². The molecule has 0 amide bonds. The fourth-order valence-corrected chi connectivity index (χ4v) is 3.00. The number of hydrogen-bond acceptors (Lipinski definition) is 4. The quantitative estimate of drug-likeness (QED) is 0.859. The first-order chi connectivity index (χ1) is 10.00. The van der Waals surface area contributed by atoms with E-state index in [0.29, 0.717) is 17.9 Å². The molecule has 21 heavy (non-hydrogen) atoms. The van der Waals surface area contributed by atoms with Gasteiger partial charge in [-0.1, -0.05) is 25.1 Å². The second kappa shape index (κ2) is 6.58. The van der Waals surface area contributed by atoms with Crippen LogP contribution in [0.3, 0.4) is 0 Å². The molecule has 112 valence electrons. The second-order valence-corrected chi connectivity index (χ2v) is 6.63. The van der Waals surface area contributed by atoms with Gasteiger partial charge in [0.15, 0.2) is 0 Å². The molecule has 0 atom stereocenters. The summed E-state index contributed by atoms with van der Waals surface area (Å²) in [5.74, 6) is 0.777. The van der Waals surface area contributed by atoms with E-state index >= 15 is 0 Å². The second-order valence-electron chi connectivity index (χ2n) is 4.79. The van der Waals surface area contributed by atoms with Crippen LogP contribution in [0.5, 0.6) is 0 Å². The average molecular weight is 305 g/mol. The lowest BCUT2D eigenvalue weighted by atomic mass is 10.2. The van der Waals surface area contributed by atoms with Gasteiger partial charge in [-0.3, -0.25) is 4.72 Å². The molecule has 1 heterocycles. The summed E-state index contributed by atoms with van der Waals surface area (Å²) in [5, 5.41) is 3.20. The molecule has 2 N–H and O–H groups in total. The summed E-state index contributed by atoms with van der Waals surface area (Å²) >= 11 is 0. The number of rotatable bonds is 6. The van der Waals surface area contributed by atoms with Crippen molar-refractivity contribution in [3.63, 3.8) is 0 Å². The van der Waals surface area contributed by atoms with E-state index in [1.807, 2.05) is 38.1 Å². The maximum absolute atomic E-state index is 11.7. The molecule has 1 aromatic carbocycles. The molecule has 0 radical (unpaired) electrons. The lowest BCUT2D eigenvalue weighted by Gasteiger charge is -2.10. The van der Waals surface area contributed by atoms with Gasteiger partial charge in [0.25, 0.3) is 0 Å². The summed E-state index contributed by atoms with van der Waals surface area (Å²) in [5.41, 5.74) is 2.56. The number of sulfonamides is 1. The van der Waals surface area contributed by atoms with Crippen molar-refractivity contribution in [1.29, 1.82) is 0 Å². The lowest BCUT2D eigenvalue weighted by Crippen LogP contribution is -2.16. The monoisotopic (exact) mass is 305 g/mol. The smallest absolute Gasteiger partial charge is 0.232 e. The minimum absolute atomic E-state index is 0.107. The third-order valence-electron chi connectivity index (χ3n) is 2.92. The van der Waals surface area contributed by atoms with Crippen LogP contribution >= 0.6 is 0 Å². The van der Waals surface area contributed by atoms with Crippen LogP contribution in [0.1, 0.15) is 18.9 Å². The Hall–Kier alpha value is -2.08. The fraction of sp³-hybridized carbons (Fsp3) is 0.267. The Bertz CT molecular complexity index is 697. The van der Waals surface area contributed by atoms with Crippen molar-refractivity contribution in [2.45, 2.75) is 20.3 Å². The van der Waals surface area contributed by atoms with E-state index < -0.39 is 10.0 Å². The van der Waals surface area contributed by atoms with Crippen LogP contribution in [0.25, 0.3) is 0 Å². The summed E-state index contributed by atoms with van der Waals surface area (Å²) < 4.78 is 25.8. The molecule has 0 fully saturated rings. The highest BCUT2D eigenvalue weighted by Gasteiger charge is 2.08. The summed E-state index contributed by atoms with van der Waals surface area (Å²) in [6.45, 7) is 3.84. The summed E-state index contributed by atoms with van der Waals surface area (Å²) in [7, 11) is -3.27. The summed E-state index contributed by atoms with van der Waals surface area (Å²) in [4.78, 5) is 4.22. The van der Waals surface area contributed by atoms with Crippen LogP contribution in [0.2, 0.25) is 0 Å². The van der Waals surface area contributed by atoms with Gasteiger partial charge in [0, 0.05) is 5.69 Å². The molecular weight excluding hydrogens is 286 g/mol. The predicted octanol–water partition coefficient (Wildman–Crippen LogP) is 3.29. The maximum Gasteiger partial charge on any atom is 0.232 e. The van der Waals surface area contributed by atoms with Crippen molar-refractivity contribution in [3.8, 4) is 0 Å². The Morgan fingerprint density at radius 1 is 1.14 bits per heavy atom. The minimum Gasteiger partial charge on any atom is -0.340 e. The van der Waals surface area contributed by atoms with Gasteiger partial charge in [0.2, 0.25) is 10.0 Å². The lowest BCUT2D eigenvalue weighted by molar-refractivity contribution is 0.600. The molecule has 0 spiro atoms. The Labute approximate surface area is 125 Å². The molecule has 0 saturated heterocycles. The van der Waals surface area contributed by atoms with E-state index in [1.54, 1.807) is 12.1 Å². The molecule has 1 aromatic heterocycles. The van der Waals surface area contributed by atoms with Crippen LogP contribution in [-0.2, 0) is 10.0 Å². The Morgan fingerprint density at radius 3 is 2.52 bits per heavy atom. The maximum atomic E-state index is 11.7. The molecule has 6 heteroatoms. The molecule has 0 aliphatic rings. The van der Waals surface area contributed by atoms with Gasteiger partial charge in [-0.05, 0) is 37.1 Å². The van der Waals surface area contributed by atoms with E-state index in [9.17, 15) is 8.42 Å². The van der Waals surface area contributed by atoms with Gasteiger partial charge in [0.1, 0.15) is 5.82 Å². The molecule has 0 aliphatic carbocycles. The minimum atomic E-state index is -3.27. The van der Waals surface area contributed by atoms with Crippen LogP contribution in [0.15, 0.2) is 42.6 Å². The van der Waals surface area contributed by atoms with Crippen molar-refractivity contribution in [1.82, 2.24) is 4.98 Å². The van der Waals surface area contributed by atoms with Crippen molar-refractivity contribution in [3.05, 3.63) is 48.2 Å². The van der Waals surface area contributed by atoms with E-state index in [2.05, 4.69) is 15.0 Å². The number of benzene rings is 1. The first kappa shape index (κ1) is 15.3. The normalized spacial score (nSPS) is 11.1. The summed E-state index contributed by atoms with van der Waals surface area (Å²) in [6.07, 6.45) is 2.09. The van der Waals surface area contributed by atoms with E-state index in [-0.39, 0.29) is 5.75 Å². The average Bonchev–Trinajstić information content (AvgIpc) is 2.43. The molecule has 2 aromatic rings. The summed E-state index contributed by atoms with van der Waals surface area (Å²) in [6, 6.07) is 11.3. The highest BCUT2D eigenvalue weighted by Crippen LogP contribution is 2.19. The van der Waals surface area contributed by atoms with E-state index in [4.69, 9.17) is 0 Å². The number of anilines is 3. The van der Waals surface area contributed by atoms with Gasteiger partial charge >= 0.3 is 0 Å². The zero-order valence-corrected chi connectivity index (χ0v) is 12.9. The van der Waals surface area contributed by atoms with E-state index in [1.165, 1.54) is 6.20 Å². The SMILES string of the molecule is CCCS(=O)(=O)Nc1ccc(Nc2ccccc2C)nc1. The number of para-hydroxylation sites is 1. The topological polar surface area (TPSA) is 71.1 Å². The van der Waals surface area contributed by atoms with Crippen LogP contribution < -0.4 is 10.0 Å². The van der Waals surface area contributed by atoms with Crippen LogP contribution in [0, 0.1) is 6.92 Å². The molecule has 2 rings (SSSR count). The van der Waals surface area contributed by atoms with Crippen LogP contribution in [0.4, 0.5) is 17.2 Å². The van der Waals surface area contributed by atoms with Gasteiger partial charge in [-0.15, -0.1) is 0 Å². The van der Waals surface area contributed by atoms with Gasteiger partial charge in [0.05, 0.1) is 17.6 Å². The first-order valence-electron chi connectivity index (χ1n) is 6.79. The number of aryl methyl sites for hydroxylation is 1. The number of pyridine rings is 1. The zero-order chi connectivity index (χ0) is 15.3. The highest BCUT2D eigenvalue weighted by molar-refractivity contribution is 7.92. The molecule has 0 aliphatic heterocycles. The Balaban J connectivity index is 2.08. The fourth-order valence-electron chi connectivity index (χ4n) is 1.88. The molecule has 0 unspecified atom stereocenters. The van der Waals surface area contributed by atoms with Crippen molar-refractivity contribution >= 4 is 27.2 Å². The Morgan fingerprint density at radius 2 is 1.90 bits per heavy atom. The predicted molar refractivity (Wildman–Crippen MR) is 86.4 cm³/mol. The number of hydrogen-bond donors (Lipinski definition) is 2. The third kappa shape index (κ3) is 4.46.